The number of aromatic nitrogens is 1. The number of para-hydroxylation sites is 1. The number of urea groups is 1. The van der Waals surface area contributed by atoms with Crippen molar-refractivity contribution in [2.24, 2.45) is 0 Å². The third kappa shape index (κ3) is 3.36. The van der Waals surface area contributed by atoms with Crippen LogP contribution in [0.25, 0.3) is 10.9 Å². The van der Waals surface area contributed by atoms with Crippen molar-refractivity contribution in [2.75, 3.05) is 7.11 Å². The summed E-state index contributed by atoms with van der Waals surface area (Å²) >= 11 is 0. The number of fused-ring (bicyclic) bond motifs is 1. The number of imide groups is 1. The van der Waals surface area contributed by atoms with Crippen molar-refractivity contribution < 1.29 is 19.1 Å². The fourth-order valence-corrected chi connectivity index (χ4v) is 3.64. The molecule has 2 heterocycles. The van der Waals surface area contributed by atoms with Crippen molar-refractivity contribution >= 4 is 28.7 Å². The molecule has 1 fully saturated rings. The van der Waals surface area contributed by atoms with Crippen molar-refractivity contribution in [2.45, 2.75) is 25.3 Å². The molecule has 30 heavy (non-hydrogen) atoms. The van der Waals surface area contributed by atoms with Crippen molar-refractivity contribution in [3.63, 3.8) is 0 Å². The second-order valence-corrected chi connectivity index (χ2v) is 7.32. The van der Waals surface area contributed by atoms with Crippen LogP contribution in [0.3, 0.4) is 0 Å². The lowest BCUT2D eigenvalue weighted by Gasteiger charge is -2.22. The number of benzene rings is 2. The molecule has 3 aromatic rings. The Bertz CT molecular complexity index is 1140. The van der Waals surface area contributed by atoms with Crippen molar-refractivity contribution in [3.05, 3.63) is 65.9 Å². The largest absolute Gasteiger partial charge is 0.497 e. The van der Waals surface area contributed by atoms with E-state index in [1.165, 1.54) is 7.11 Å². The van der Waals surface area contributed by atoms with Gasteiger partial charge in [0.15, 0.2) is 0 Å². The Kier molecular flexibility index (Phi) is 4.91. The van der Waals surface area contributed by atoms with E-state index in [0.717, 1.165) is 21.5 Å². The minimum atomic E-state index is -1.30. The van der Waals surface area contributed by atoms with Gasteiger partial charge in [-0.15, -0.1) is 0 Å². The molecule has 2 aromatic carbocycles. The molecule has 1 aromatic heterocycles. The molecular formula is C22H22N4O4. The maximum atomic E-state index is 13.0. The van der Waals surface area contributed by atoms with Crippen LogP contribution in [0.1, 0.15) is 24.5 Å². The molecule has 0 saturated carbocycles. The van der Waals surface area contributed by atoms with E-state index in [4.69, 9.17) is 4.74 Å². The van der Waals surface area contributed by atoms with E-state index in [1.54, 1.807) is 31.2 Å². The average molecular weight is 406 g/mol. The lowest BCUT2D eigenvalue weighted by atomic mass is 9.92. The van der Waals surface area contributed by atoms with Crippen molar-refractivity contribution in [1.29, 1.82) is 0 Å². The summed E-state index contributed by atoms with van der Waals surface area (Å²) in [4.78, 5) is 41.0. The van der Waals surface area contributed by atoms with Gasteiger partial charge >= 0.3 is 6.03 Å². The number of amides is 4. The van der Waals surface area contributed by atoms with E-state index >= 15 is 0 Å². The Morgan fingerprint density at radius 3 is 2.77 bits per heavy atom. The lowest BCUT2D eigenvalue weighted by molar-refractivity contribution is -0.138. The second-order valence-electron chi connectivity index (χ2n) is 7.32. The number of carbonyl (C=O) groups excluding carboxylic acids is 3. The van der Waals surface area contributed by atoms with Crippen LogP contribution in [-0.2, 0) is 21.5 Å². The molecule has 8 heteroatoms. The predicted molar refractivity (Wildman–Crippen MR) is 110 cm³/mol. The highest BCUT2D eigenvalue weighted by atomic mass is 16.5. The predicted octanol–water partition coefficient (Wildman–Crippen LogP) is 2.61. The Hall–Kier alpha value is -3.81. The van der Waals surface area contributed by atoms with Crippen LogP contribution in [0.5, 0.6) is 5.75 Å². The van der Waals surface area contributed by atoms with E-state index in [2.05, 4.69) is 15.7 Å². The van der Waals surface area contributed by atoms with Gasteiger partial charge in [-0.1, -0.05) is 30.3 Å². The fourth-order valence-electron chi connectivity index (χ4n) is 3.64. The number of carbonyl (C=O) groups is 3. The van der Waals surface area contributed by atoms with Gasteiger partial charge in [0.05, 0.1) is 7.11 Å². The number of nitrogens with one attached hydrogen (secondary N) is 3. The first-order valence-electron chi connectivity index (χ1n) is 9.58. The van der Waals surface area contributed by atoms with Crippen LogP contribution in [0.15, 0.2) is 54.7 Å². The van der Waals surface area contributed by atoms with E-state index in [0.29, 0.717) is 17.7 Å². The summed E-state index contributed by atoms with van der Waals surface area (Å²) in [6, 6.07) is 14.0. The zero-order valence-corrected chi connectivity index (χ0v) is 16.7. The Balaban J connectivity index is 1.44. The van der Waals surface area contributed by atoms with Crippen LogP contribution in [-0.4, -0.2) is 34.9 Å². The lowest BCUT2D eigenvalue weighted by Crippen LogP contribution is -2.48. The summed E-state index contributed by atoms with van der Waals surface area (Å²) in [5.41, 5.74) is 3.70. The first-order chi connectivity index (χ1) is 14.4. The van der Waals surface area contributed by atoms with Gasteiger partial charge in [0.1, 0.15) is 11.3 Å². The fraction of sp³-hybridized carbons (Fsp3) is 0.227. The van der Waals surface area contributed by atoms with Crippen LogP contribution < -0.4 is 15.5 Å². The summed E-state index contributed by atoms with van der Waals surface area (Å²) in [7, 11) is 1.52. The zero-order chi connectivity index (χ0) is 21.3. The second kappa shape index (κ2) is 7.55. The normalized spacial score (nSPS) is 18.5. The molecule has 1 aliphatic heterocycles. The number of rotatable bonds is 6. The number of methoxy groups -OCH3 is 1. The third-order valence-corrected chi connectivity index (χ3v) is 5.37. The number of aryl methyl sites for hydroxylation is 1. The molecule has 4 amide bonds. The first kappa shape index (κ1) is 19.5. The maximum absolute atomic E-state index is 13.0. The average Bonchev–Trinajstić information content (AvgIpc) is 3.27. The molecule has 1 aliphatic rings. The zero-order valence-electron chi connectivity index (χ0n) is 16.7. The monoisotopic (exact) mass is 406 g/mol. The van der Waals surface area contributed by atoms with E-state index in [9.17, 15) is 14.4 Å². The van der Waals surface area contributed by atoms with Gasteiger partial charge in [-0.2, -0.15) is 5.01 Å². The summed E-state index contributed by atoms with van der Waals surface area (Å²) < 4.78 is 5.20. The van der Waals surface area contributed by atoms with Gasteiger partial charge in [0, 0.05) is 23.5 Å². The smallest absolute Gasteiger partial charge is 0.344 e. The van der Waals surface area contributed by atoms with Crippen LogP contribution in [0.2, 0.25) is 0 Å². The number of aromatic amines is 1. The molecule has 0 unspecified atom stereocenters. The molecule has 8 nitrogen and oxygen atoms in total. The minimum absolute atomic E-state index is 0.134. The van der Waals surface area contributed by atoms with E-state index in [-0.39, 0.29) is 6.42 Å². The van der Waals surface area contributed by atoms with Gasteiger partial charge in [-0.05, 0) is 42.7 Å². The maximum Gasteiger partial charge on any atom is 0.344 e. The highest BCUT2D eigenvalue weighted by Gasteiger charge is 2.50. The molecule has 4 rings (SSSR count). The standard InChI is InChI=1S/C22H22N4O4/c1-22(15-6-5-7-16(12-15)30-2)20(28)26(21(29)24-22)25-19(27)11-10-14-13-23-18-9-4-3-8-17(14)18/h3-9,12-13,23H,10-11H2,1-2H3,(H,24,29)(H,25,27)/t22-/m1/s1. The number of hydrogen-bond donors (Lipinski definition) is 3. The molecule has 0 bridgehead atoms. The van der Waals surface area contributed by atoms with Gasteiger partial charge in [-0.25, -0.2) is 4.79 Å². The molecular weight excluding hydrogens is 384 g/mol. The number of nitrogens with zero attached hydrogens (tertiary/aromatic N) is 1. The van der Waals surface area contributed by atoms with Crippen molar-refractivity contribution in [3.8, 4) is 5.75 Å². The third-order valence-electron chi connectivity index (χ3n) is 5.37. The summed E-state index contributed by atoms with van der Waals surface area (Å²) in [6.07, 6.45) is 2.48. The number of ether oxygens (including phenoxy) is 1. The molecule has 1 atom stereocenters. The molecule has 0 spiro atoms. The van der Waals surface area contributed by atoms with Crippen LogP contribution in [0, 0.1) is 0 Å². The Labute approximate surface area is 173 Å². The summed E-state index contributed by atoms with van der Waals surface area (Å²) in [6.45, 7) is 1.60. The van der Waals surface area contributed by atoms with Crippen LogP contribution in [0.4, 0.5) is 4.79 Å². The number of hydrazine groups is 1. The molecule has 0 aliphatic carbocycles. The Morgan fingerprint density at radius 1 is 1.17 bits per heavy atom. The molecule has 154 valence electrons. The van der Waals surface area contributed by atoms with Crippen LogP contribution >= 0.6 is 0 Å². The summed E-state index contributed by atoms with van der Waals surface area (Å²) in [5, 5.41) is 4.45. The SMILES string of the molecule is COc1cccc([C@@]2(C)NC(=O)N(NC(=O)CCc3c[nH]c4ccccc34)C2=O)c1. The minimum Gasteiger partial charge on any atom is -0.497 e. The first-order valence-corrected chi connectivity index (χ1v) is 9.58. The molecule has 1 saturated heterocycles. The van der Waals surface area contributed by atoms with Crippen molar-refractivity contribution in [1.82, 2.24) is 20.7 Å². The van der Waals surface area contributed by atoms with Gasteiger partial charge in [-0.3, -0.25) is 15.0 Å². The topological polar surface area (TPSA) is 104 Å². The van der Waals surface area contributed by atoms with Gasteiger partial charge < -0.3 is 15.0 Å². The number of H-pyrrole nitrogens is 1. The van der Waals surface area contributed by atoms with Gasteiger partial charge in [0.25, 0.3) is 5.91 Å². The van der Waals surface area contributed by atoms with E-state index < -0.39 is 23.4 Å². The quantitative estimate of drug-likeness (QED) is 0.548. The highest BCUT2D eigenvalue weighted by molar-refractivity contribution is 6.08. The summed E-state index contributed by atoms with van der Waals surface area (Å²) in [5.74, 6) is -0.406. The van der Waals surface area contributed by atoms with Gasteiger partial charge in [0.2, 0.25) is 5.91 Å². The van der Waals surface area contributed by atoms with E-state index in [1.807, 2.05) is 30.5 Å². The molecule has 3 N–H and O–H groups in total. The number of hydrogen-bond acceptors (Lipinski definition) is 4. The molecule has 0 radical (unpaired) electrons. The Morgan fingerprint density at radius 2 is 1.97 bits per heavy atom. The highest BCUT2D eigenvalue weighted by Crippen LogP contribution is 2.30.